The largest absolute Gasteiger partial charge is 0.497 e. The van der Waals surface area contributed by atoms with Crippen molar-refractivity contribution in [2.75, 3.05) is 26.7 Å². The lowest BCUT2D eigenvalue weighted by atomic mass is 9.97. The van der Waals surface area contributed by atoms with Crippen LogP contribution in [0, 0.1) is 0 Å². The number of benzene rings is 4. The van der Waals surface area contributed by atoms with E-state index in [2.05, 4.69) is 27.3 Å². The fourth-order valence-corrected chi connectivity index (χ4v) is 6.42. The maximum atomic E-state index is 13.9. The van der Waals surface area contributed by atoms with Gasteiger partial charge in [-0.05, 0) is 83.1 Å². The Morgan fingerprint density at radius 1 is 0.978 bits per heavy atom. The number of hydrogen-bond donors (Lipinski definition) is 2. The topological polar surface area (TPSA) is 74.7 Å². The van der Waals surface area contributed by atoms with Crippen molar-refractivity contribution in [3.05, 3.63) is 130 Å². The van der Waals surface area contributed by atoms with Crippen LogP contribution >= 0.6 is 23.2 Å². The number of rotatable bonds is 9. The molecule has 1 atom stereocenters. The predicted octanol–water partition coefficient (Wildman–Crippen LogP) is 8.07. The van der Waals surface area contributed by atoms with E-state index in [1.54, 1.807) is 25.4 Å². The Hall–Kier alpha value is -4.20. The molecule has 6 rings (SSSR count). The summed E-state index contributed by atoms with van der Waals surface area (Å²) in [5.41, 5.74) is 5.87. The molecule has 0 radical (unpaired) electrons. The summed E-state index contributed by atoms with van der Waals surface area (Å²) in [6.07, 6.45) is 4.41. The van der Waals surface area contributed by atoms with E-state index in [9.17, 15) is 9.90 Å². The zero-order valence-corrected chi connectivity index (χ0v) is 27.0. The molecule has 1 aliphatic rings. The van der Waals surface area contributed by atoms with Gasteiger partial charge in [0.15, 0.2) is 0 Å². The Bertz CT molecular complexity index is 1850. The Labute approximate surface area is 279 Å². The standard InChI is InChI=1S/C38H35Cl2N3O3/c1-46-31-13-14-36-34(23-31)32(15-18-41-36)37(44)24-43-19-16-30(17-20-43)42-38(45)33(21-28-11-12-29(39)22-35(28)40)27-9-7-26(8-10-27)25-5-3-2-4-6-25/h2-15,18,21-23,30,37,44H,16-17,19-20,24H2,1H3,(H,42,45)/b33-21+/t37-/m0/s1. The number of methoxy groups -OCH3 is 1. The van der Waals surface area contributed by atoms with Gasteiger partial charge in [0.2, 0.25) is 0 Å². The minimum Gasteiger partial charge on any atom is -0.497 e. The predicted molar refractivity (Wildman–Crippen MR) is 187 cm³/mol. The van der Waals surface area contributed by atoms with E-state index in [0.717, 1.165) is 64.8 Å². The van der Waals surface area contributed by atoms with Gasteiger partial charge in [0.05, 0.1) is 18.7 Å². The van der Waals surface area contributed by atoms with Crippen LogP contribution in [0.1, 0.15) is 35.6 Å². The van der Waals surface area contributed by atoms with Crippen LogP contribution in [0.2, 0.25) is 10.0 Å². The average Bonchev–Trinajstić information content (AvgIpc) is 3.08. The molecule has 1 aromatic heterocycles. The monoisotopic (exact) mass is 651 g/mol. The van der Waals surface area contributed by atoms with Crippen LogP contribution in [-0.4, -0.2) is 53.7 Å². The van der Waals surface area contributed by atoms with Crippen LogP contribution < -0.4 is 10.1 Å². The number of nitrogens with one attached hydrogen (secondary N) is 1. The third-order valence-electron chi connectivity index (χ3n) is 8.51. The molecular weight excluding hydrogens is 617 g/mol. The summed E-state index contributed by atoms with van der Waals surface area (Å²) in [7, 11) is 1.63. The Balaban J connectivity index is 1.14. The normalized spacial score (nSPS) is 15.1. The molecule has 0 bridgehead atoms. The highest BCUT2D eigenvalue weighted by molar-refractivity contribution is 6.36. The van der Waals surface area contributed by atoms with Gasteiger partial charge in [-0.1, -0.05) is 83.9 Å². The van der Waals surface area contributed by atoms with Crippen molar-refractivity contribution in [1.29, 1.82) is 0 Å². The van der Waals surface area contributed by atoms with E-state index < -0.39 is 6.10 Å². The van der Waals surface area contributed by atoms with E-state index in [1.165, 1.54) is 0 Å². The fraction of sp³-hybridized carbons (Fsp3) is 0.211. The van der Waals surface area contributed by atoms with Gasteiger partial charge in [-0.15, -0.1) is 0 Å². The zero-order chi connectivity index (χ0) is 32.0. The molecule has 0 saturated carbocycles. The molecule has 1 amide bonds. The molecule has 6 nitrogen and oxygen atoms in total. The first-order valence-corrected chi connectivity index (χ1v) is 16.1. The average molecular weight is 653 g/mol. The van der Waals surface area contributed by atoms with E-state index in [-0.39, 0.29) is 11.9 Å². The molecule has 0 aliphatic carbocycles. The van der Waals surface area contributed by atoms with Crippen LogP contribution in [0.25, 0.3) is 33.7 Å². The Morgan fingerprint density at radius 2 is 1.72 bits per heavy atom. The van der Waals surface area contributed by atoms with Gasteiger partial charge in [-0.3, -0.25) is 9.78 Å². The number of aromatic nitrogens is 1. The summed E-state index contributed by atoms with van der Waals surface area (Å²) < 4.78 is 5.39. The fourth-order valence-electron chi connectivity index (χ4n) is 5.96. The molecule has 1 saturated heterocycles. The van der Waals surface area contributed by atoms with Crippen molar-refractivity contribution in [3.8, 4) is 16.9 Å². The summed E-state index contributed by atoms with van der Waals surface area (Å²) >= 11 is 12.7. The van der Waals surface area contributed by atoms with E-state index in [4.69, 9.17) is 27.9 Å². The summed E-state index contributed by atoms with van der Waals surface area (Å²) in [5, 5.41) is 16.4. The number of likely N-dealkylation sites (tertiary alicyclic amines) is 1. The first-order chi connectivity index (χ1) is 22.4. The van der Waals surface area contributed by atoms with Crippen LogP contribution in [0.15, 0.2) is 103 Å². The molecule has 234 valence electrons. The number of amides is 1. The molecule has 1 fully saturated rings. The number of carbonyl (C=O) groups is 1. The molecular formula is C38H35Cl2N3O3. The summed E-state index contributed by atoms with van der Waals surface area (Å²) in [5.74, 6) is 0.568. The number of aliphatic hydroxyl groups excluding tert-OH is 1. The van der Waals surface area contributed by atoms with Gasteiger partial charge in [-0.25, -0.2) is 0 Å². The highest BCUT2D eigenvalue weighted by atomic mass is 35.5. The number of piperidine rings is 1. The molecule has 2 heterocycles. The maximum Gasteiger partial charge on any atom is 0.252 e. The molecule has 0 spiro atoms. The SMILES string of the molecule is COc1ccc2nccc([C@@H](O)CN3CCC(NC(=O)/C(=C/c4ccc(Cl)cc4Cl)c4ccc(-c5ccccc5)cc4)CC3)c2c1. The van der Waals surface area contributed by atoms with E-state index in [0.29, 0.717) is 27.7 Å². The second kappa shape index (κ2) is 14.5. The van der Waals surface area contributed by atoms with Crippen LogP contribution in [-0.2, 0) is 4.79 Å². The lowest BCUT2D eigenvalue weighted by molar-refractivity contribution is -0.116. The molecule has 2 N–H and O–H groups in total. The van der Waals surface area contributed by atoms with Crippen molar-refractivity contribution in [2.45, 2.75) is 25.0 Å². The molecule has 4 aromatic carbocycles. The van der Waals surface area contributed by atoms with Crippen LogP contribution in [0.5, 0.6) is 5.75 Å². The van der Waals surface area contributed by atoms with Crippen molar-refractivity contribution in [2.24, 2.45) is 0 Å². The molecule has 1 aliphatic heterocycles. The van der Waals surface area contributed by atoms with Crippen molar-refractivity contribution < 1.29 is 14.6 Å². The molecule has 8 heteroatoms. The summed E-state index contributed by atoms with van der Waals surface area (Å²) in [6.45, 7) is 2.00. The molecule has 5 aromatic rings. The third-order valence-corrected chi connectivity index (χ3v) is 9.07. The van der Waals surface area contributed by atoms with Gasteiger partial charge in [0.1, 0.15) is 5.75 Å². The minimum absolute atomic E-state index is 0.000379. The number of carbonyl (C=O) groups excluding carboxylic acids is 1. The smallest absolute Gasteiger partial charge is 0.252 e. The minimum atomic E-state index is -0.679. The lowest BCUT2D eigenvalue weighted by Crippen LogP contribution is -2.45. The first kappa shape index (κ1) is 31.8. The third kappa shape index (κ3) is 7.43. The second-order valence-electron chi connectivity index (χ2n) is 11.5. The van der Waals surface area contributed by atoms with Crippen LogP contribution in [0.4, 0.5) is 0 Å². The molecule has 46 heavy (non-hydrogen) atoms. The van der Waals surface area contributed by atoms with Crippen molar-refractivity contribution >= 4 is 51.7 Å². The number of hydrogen-bond acceptors (Lipinski definition) is 5. The van der Waals surface area contributed by atoms with Gasteiger partial charge < -0.3 is 20.1 Å². The number of β-amino-alcohol motifs (C(OH)–C–C–N with tert-alkyl or cyclic N) is 1. The Kier molecular flexibility index (Phi) is 10.0. The number of nitrogens with zero attached hydrogens (tertiary/aromatic N) is 2. The van der Waals surface area contributed by atoms with Crippen molar-refractivity contribution in [3.63, 3.8) is 0 Å². The van der Waals surface area contributed by atoms with Gasteiger partial charge >= 0.3 is 0 Å². The molecule has 0 unspecified atom stereocenters. The number of halogens is 2. The van der Waals surface area contributed by atoms with Crippen LogP contribution in [0.3, 0.4) is 0 Å². The second-order valence-corrected chi connectivity index (χ2v) is 12.4. The van der Waals surface area contributed by atoms with Gasteiger partial charge in [0.25, 0.3) is 5.91 Å². The number of aliphatic hydroxyl groups is 1. The first-order valence-electron chi connectivity index (χ1n) is 15.3. The highest BCUT2D eigenvalue weighted by Crippen LogP contribution is 2.30. The maximum absolute atomic E-state index is 13.9. The van der Waals surface area contributed by atoms with Gasteiger partial charge in [-0.2, -0.15) is 0 Å². The number of fused-ring (bicyclic) bond motifs is 1. The number of pyridine rings is 1. The van der Waals surface area contributed by atoms with E-state index >= 15 is 0 Å². The summed E-state index contributed by atoms with van der Waals surface area (Å²) in [6, 6.07) is 31.0. The van der Waals surface area contributed by atoms with E-state index in [1.807, 2.05) is 78.9 Å². The highest BCUT2D eigenvalue weighted by Gasteiger charge is 2.25. The summed E-state index contributed by atoms with van der Waals surface area (Å²) in [4.78, 5) is 20.5. The zero-order valence-electron chi connectivity index (χ0n) is 25.5. The lowest BCUT2D eigenvalue weighted by Gasteiger charge is -2.33. The van der Waals surface area contributed by atoms with Crippen molar-refractivity contribution in [1.82, 2.24) is 15.2 Å². The van der Waals surface area contributed by atoms with Gasteiger partial charge in [0, 0.05) is 52.9 Å². The number of ether oxygens (including phenoxy) is 1. The quantitative estimate of drug-likeness (QED) is 0.125. The Morgan fingerprint density at radius 3 is 2.43 bits per heavy atom.